The summed E-state index contributed by atoms with van der Waals surface area (Å²) in [5.41, 5.74) is 0. The average Bonchev–Trinajstić information content (AvgIpc) is 2.57. The molecule has 1 aliphatic rings. The van der Waals surface area contributed by atoms with Gasteiger partial charge in [-0.3, -0.25) is 4.79 Å². The van der Waals surface area contributed by atoms with Gasteiger partial charge in [0, 0.05) is 27.7 Å². The Kier molecular flexibility index (Phi) is 6.54. The van der Waals surface area contributed by atoms with Crippen molar-refractivity contribution in [3.63, 3.8) is 0 Å². The second kappa shape index (κ2) is 6.86. The molecule has 1 atom stereocenters. The summed E-state index contributed by atoms with van der Waals surface area (Å²) in [6.07, 6.45) is 2.21. The van der Waals surface area contributed by atoms with E-state index in [1.807, 2.05) is 4.90 Å². The van der Waals surface area contributed by atoms with Gasteiger partial charge in [-0.05, 0) is 12.8 Å². The van der Waals surface area contributed by atoms with Crippen LogP contribution in [0.3, 0.4) is 0 Å². The maximum Gasteiger partial charge on any atom is 0.219 e. The van der Waals surface area contributed by atoms with Gasteiger partial charge in [0.05, 0.1) is 12.6 Å². The van der Waals surface area contributed by atoms with E-state index < -0.39 is 0 Å². The van der Waals surface area contributed by atoms with Gasteiger partial charge in [0.25, 0.3) is 0 Å². The molecule has 0 saturated carbocycles. The van der Waals surface area contributed by atoms with Crippen LogP contribution in [0.2, 0.25) is 0 Å². The molecule has 0 spiro atoms. The topological polar surface area (TPSA) is 49.8 Å². The van der Waals surface area contributed by atoms with Crippen LogP contribution in [0.25, 0.3) is 0 Å². The molecule has 1 N–H and O–H groups in total. The van der Waals surface area contributed by atoms with Gasteiger partial charge in [0.2, 0.25) is 5.91 Å². The number of nitrogens with zero attached hydrogens (tertiary/aromatic N) is 1. The predicted octanol–water partition coefficient (Wildman–Crippen LogP) is 0.252. The van der Waals surface area contributed by atoms with Crippen LogP contribution < -0.4 is 0 Å². The molecule has 0 aromatic rings. The molecule has 0 aromatic heterocycles. The van der Waals surface area contributed by atoms with Crippen molar-refractivity contribution in [3.8, 4) is 0 Å². The Morgan fingerprint density at radius 2 is 2.23 bits per heavy atom. The summed E-state index contributed by atoms with van der Waals surface area (Å²) in [6, 6.07) is 0.331. The summed E-state index contributed by atoms with van der Waals surface area (Å²) in [7, 11) is 2.68. The largest absolute Gasteiger partial charge is 0.400 e. The molecule has 1 saturated heterocycles. The minimum Gasteiger partial charge on any atom is -0.400 e. The number of aliphatic hydroxyl groups excluding tert-OH is 1. The number of carbonyl (C=O) groups is 1. The quantitative estimate of drug-likeness (QED) is 0.677. The lowest BCUT2D eigenvalue weighted by Gasteiger charge is -2.22. The summed E-state index contributed by atoms with van der Waals surface area (Å²) in [5, 5.41) is 7.00. The van der Waals surface area contributed by atoms with Gasteiger partial charge < -0.3 is 14.7 Å². The lowest BCUT2D eigenvalue weighted by atomic mass is 10.2. The highest BCUT2D eigenvalue weighted by Crippen LogP contribution is 2.16. The Labute approximate surface area is 79.5 Å². The summed E-state index contributed by atoms with van der Waals surface area (Å²) in [4.78, 5) is 12.9. The fourth-order valence-electron chi connectivity index (χ4n) is 1.62. The van der Waals surface area contributed by atoms with Gasteiger partial charge in [-0.25, -0.2) is 0 Å². The number of rotatable bonds is 2. The van der Waals surface area contributed by atoms with Gasteiger partial charge in [-0.15, -0.1) is 0 Å². The van der Waals surface area contributed by atoms with Crippen molar-refractivity contribution in [2.45, 2.75) is 25.8 Å². The lowest BCUT2D eigenvalue weighted by molar-refractivity contribution is -0.130. The van der Waals surface area contributed by atoms with Crippen molar-refractivity contribution in [3.05, 3.63) is 0 Å². The number of aliphatic hydroxyl groups is 1. The second-order valence-corrected chi connectivity index (χ2v) is 2.96. The van der Waals surface area contributed by atoms with Gasteiger partial charge in [-0.1, -0.05) is 0 Å². The first-order chi connectivity index (χ1) is 6.25. The Balaban J connectivity index is 0.000000671. The molecule has 1 aliphatic heterocycles. The zero-order chi connectivity index (χ0) is 10.3. The van der Waals surface area contributed by atoms with Crippen molar-refractivity contribution < 1.29 is 14.6 Å². The van der Waals surface area contributed by atoms with Crippen molar-refractivity contribution in [1.82, 2.24) is 4.90 Å². The second-order valence-electron chi connectivity index (χ2n) is 2.96. The first-order valence-corrected chi connectivity index (χ1v) is 4.46. The lowest BCUT2D eigenvalue weighted by Crippen LogP contribution is -2.36. The van der Waals surface area contributed by atoms with Crippen LogP contribution in [0.5, 0.6) is 0 Å². The van der Waals surface area contributed by atoms with E-state index in [-0.39, 0.29) is 5.91 Å². The molecule has 13 heavy (non-hydrogen) atoms. The van der Waals surface area contributed by atoms with Gasteiger partial charge in [-0.2, -0.15) is 0 Å². The summed E-state index contributed by atoms with van der Waals surface area (Å²) >= 11 is 0. The highest BCUT2D eigenvalue weighted by molar-refractivity contribution is 5.73. The third-order valence-corrected chi connectivity index (χ3v) is 2.14. The Bertz CT molecular complexity index is 150. The monoisotopic (exact) mass is 189 g/mol. The first kappa shape index (κ1) is 12.4. The van der Waals surface area contributed by atoms with Gasteiger partial charge >= 0.3 is 0 Å². The van der Waals surface area contributed by atoms with E-state index in [9.17, 15) is 4.79 Å². The third kappa shape index (κ3) is 3.74. The van der Waals surface area contributed by atoms with E-state index in [4.69, 9.17) is 9.84 Å². The van der Waals surface area contributed by atoms with Crippen LogP contribution >= 0.6 is 0 Å². The molecule has 0 bridgehead atoms. The minimum absolute atomic E-state index is 0.171. The number of ether oxygens (including phenoxy) is 1. The molecule has 0 aromatic carbocycles. The van der Waals surface area contributed by atoms with Gasteiger partial charge in [0.15, 0.2) is 0 Å². The van der Waals surface area contributed by atoms with Gasteiger partial charge in [0.1, 0.15) is 0 Å². The minimum atomic E-state index is 0.171. The van der Waals surface area contributed by atoms with E-state index in [1.165, 1.54) is 0 Å². The van der Waals surface area contributed by atoms with Crippen LogP contribution in [0.4, 0.5) is 0 Å². The summed E-state index contributed by atoms with van der Waals surface area (Å²) in [5.74, 6) is 0.171. The summed E-state index contributed by atoms with van der Waals surface area (Å²) in [6.45, 7) is 3.21. The fraction of sp³-hybridized carbons (Fsp3) is 0.889. The number of amides is 1. The number of hydrogen-bond acceptors (Lipinski definition) is 3. The molecule has 78 valence electrons. The Hall–Kier alpha value is -0.610. The number of carbonyl (C=O) groups excluding carboxylic acids is 1. The van der Waals surface area contributed by atoms with E-state index in [2.05, 4.69) is 0 Å². The molecule has 1 amide bonds. The molecule has 4 nitrogen and oxygen atoms in total. The molecule has 4 heteroatoms. The predicted molar refractivity (Wildman–Crippen MR) is 50.4 cm³/mol. The SMILES string of the molecule is CO.COCC1CCCN1C(C)=O. The van der Waals surface area contributed by atoms with E-state index in [1.54, 1.807) is 14.0 Å². The van der Waals surface area contributed by atoms with E-state index in [0.29, 0.717) is 12.6 Å². The molecule has 1 rings (SSSR count). The first-order valence-electron chi connectivity index (χ1n) is 4.46. The zero-order valence-electron chi connectivity index (χ0n) is 8.62. The zero-order valence-corrected chi connectivity index (χ0v) is 8.62. The number of likely N-dealkylation sites (tertiary alicyclic amines) is 1. The highest BCUT2D eigenvalue weighted by atomic mass is 16.5. The van der Waals surface area contributed by atoms with E-state index in [0.717, 1.165) is 26.5 Å². The molecule has 1 heterocycles. The van der Waals surface area contributed by atoms with Crippen molar-refractivity contribution in [2.24, 2.45) is 0 Å². The summed E-state index contributed by atoms with van der Waals surface area (Å²) < 4.78 is 5.01. The molecule has 0 aliphatic carbocycles. The number of methoxy groups -OCH3 is 1. The Morgan fingerprint density at radius 3 is 2.69 bits per heavy atom. The number of hydrogen-bond donors (Lipinski definition) is 1. The van der Waals surface area contributed by atoms with Crippen LogP contribution in [0, 0.1) is 0 Å². The normalized spacial score (nSPS) is 20.9. The molecular formula is C9H19NO3. The maximum absolute atomic E-state index is 11.0. The molecular weight excluding hydrogens is 170 g/mol. The molecule has 1 unspecified atom stereocenters. The molecule has 0 radical (unpaired) electrons. The third-order valence-electron chi connectivity index (χ3n) is 2.14. The van der Waals surface area contributed by atoms with Crippen molar-refractivity contribution >= 4 is 5.91 Å². The van der Waals surface area contributed by atoms with Crippen LogP contribution in [-0.2, 0) is 9.53 Å². The average molecular weight is 189 g/mol. The smallest absolute Gasteiger partial charge is 0.219 e. The van der Waals surface area contributed by atoms with Crippen LogP contribution in [-0.4, -0.2) is 49.3 Å². The maximum atomic E-state index is 11.0. The van der Waals surface area contributed by atoms with Crippen LogP contribution in [0.1, 0.15) is 19.8 Å². The Morgan fingerprint density at radius 1 is 1.62 bits per heavy atom. The highest BCUT2D eigenvalue weighted by Gasteiger charge is 2.25. The van der Waals surface area contributed by atoms with Crippen LogP contribution in [0.15, 0.2) is 0 Å². The standard InChI is InChI=1S/C8H15NO2.CH4O/c1-7(10)9-5-3-4-8(9)6-11-2;1-2/h8H,3-6H2,1-2H3;2H,1H3. The van der Waals surface area contributed by atoms with Crippen molar-refractivity contribution in [2.75, 3.05) is 27.4 Å². The van der Waals surface area contributed by atoms with Crippen molar-refractivity contribution in [1.29, 1.82) is 0 Å². The molecule has 1 fully saturated rings. The van der Waals surface area contributed by atoms with E-state index >= 15 is 0 Å². The fourth-order valence-corrected chi connectivity index (χ4v) is 1.62.